The second-order valence-corrected chi connectivity index (χ2v) is 8.34. The van der Waals surface area contributed by atoms with Gasteiger partial charge in [0.2, 0.25) is 0 Å². The lowest BCUT2D eigenvalue weighted by molar-refractivity contribution is 0.281. The highest BCUT2D eigenvalue weighted by atomic mass is 79.9. The van der Waals surface area contributed by atoms with Crippen LogP contribution in [0.1, 0.15) is 5.56 Å². The van der Waals surface area contributed by atoms with Crippen molar-refractivity contribution in [3.8, 4) is 0 Å². The van der Waals surface area contributed by atoms with E-state index in [-0.39, 0.29) is 11.5 Å². The van der Waals surface area contributed by atoms with Crippen LogP contribution in [0.5, 0.6) is 0 Å². The Morgan fingerprint density at radius 2 is 1.62 bits per heavy atom. The van der Waals surface area contributed by atoms with E-state index in [4.69, 9.17) is 5.11 Å². The summed E-state index contributed by atoms with van der Waals surface area (Å²) in [6, 6.07) is 9.86. The fourth-order valence-electron chi connectivity index (χ4n) is 1.65. The van der Waals surface area contributed by atoms with Gasteiger partial charge in [-0.05, 0) is 77.6 Å². The standard InChI is InChI=1S/C13H10Br3NO3S/c14-9-2-1-3-10(15)13(9)17-21(19,20)12-5-4-8(7-18)6-11(12)16/h1-6,17-18H,7H2. The summed E-state index contributed by atoms with van der Waals surface area (Å²) in [6.45, 7) is -0.151. The van der Waals surface area contributed by atoms with Gasteiger partial charge >= 0.3 is 0 Å². The number of hydrogen-bond acceptors (Lipinski definition) is 3. The van der Waals surface area contributed by atoms with Crippen LogP contribution in [-0.2, 0) is 16.6 Å². The van der Waals surface area contributed by atoms with Crippen LogP contribution < -0.4 is 4.72 Å². The Morgan fingerprint density at radius 3 is 2.14 bits per heavy atom. The van der Waals surface area contributed by atoms with E-state index in [2.05, 4.69) is 52.5 Å². The number of aliphatic hydroxyl groups excluding tert-OH is 1. The molecule has 0 aliphatic heterocycles. The maximum Gasteiger partial charge on any atom is 0.263 e. The summed E-state index contributed by atoms with van der Waals surface area (Å²) < 4.78 is 29.1. The number of aliphatic hydroxyl groups is 1. The molecule has 0 atom stereocenters. The summed E-state index contributed by atoms with van der Waals surface area (Å²) in [5.74, 6) is 0. The molecule has 0 aliphatic carbocycles. The van der Waals surface area contributed by atoms with Gasteiger partial charge in [0.1, 0.15) is 4.90 Å². The highest BCUT2D eigenvalue weighted by molar-refractivity contribution is 9.11. The summed E-state index contributed by atoms with van der Waals surface area (Å²) in [6.07, 6.45) is 0. The third kappa shape index (κ3) is 3.87. The van der Waals surface area contributed by atoms with Crippen LogP contribution in [0.3, 0.4) is 0 Å². The zero-order valence-corrected chi connectivity index (χ0v) is 16.1. The van der Waals surface area contributed by atoms with Crippen LogP contribution in [0.25, 0.3) is 0 Å². The first-order chi connectivity index (χ1) is 9.85. The lowest BCUT2D eigenvalue weighted by atomic mass is 10.2. The van der Waals surface area contributed by atoms with Crippen molar-refractivity contribution in [2.75, 3.05) is 4.72 Å². The predicted octanol–water partition coefficient (Wildman–Crippen LogP) is 4.27. The first kappa shape index (κ1) is 17.0. The highest BCUT2D eigenvalue weighted by Gasteiger charge is 2.20. The Morgan fingerprint density at radius 1 is 1.00 bits per heavy atom. The third-order valence-electron chi connectivity index (χ3n) is 2.67. The molecule has 2 aromatic rings. The zero-order chi connectivity index (χ0) is 15.6. The number of anilines is 1. The lowest BCUT2D eigenvalue weighted by Gasteiger charge is -2.13. The molecule has 4 nitrogen and oxygen atoms in total. The van der Waals surface area contributed by atoms with Crippen LogP contribution in [0.15, 0.2) is 54.7 Å². The smallest absolute Gasteiger partial charge is 0.263 e. The van der Waals surface area contributed by atoms with Crippen molar-refractivity contribution in [3.05, 3.63) is 55.4 Å². The molecule has 0 radical (unpaired) electrons. The van der Waals surface area contributed by atoms with E-state index in [0.29, 0.717) is 24.7 Å². The lowest BCUT2D eigenvalue weighted by Crippen LogP contribution is -2.14. The molecule has 8 heteroatoms. The summed E-state index contributed by atoms with van der Waals surface area (Å²) in [7, 11) is -3.75. The Hall–Kier alpha value is -0.410. The van der Waals surface area contributed by atoms with Gasteiger partial charge in [-0.1, -0.05) is 12.1 Å². The molecule has 0 aliphatic rings. The Kier molecular flexibility index (Phi) is 5.48. The highest BCUT2D eigenvalue weighted by Crippen LogP contribution is 2.33. The number of nitrogens with one attached hydrogen (secondary N) is 1. The van der Waals surface area contributed by atoms with Gasteiger partial charge in [0.15, 0.2) is 0 Å². The van der Waals surface area contributed by atoms with E-state index in [1.54, 1.807) is 30.3 Å². The number of hydrogen-bond donors (Lipinski definition) is 2. The quantitative estimate of drug-likeness (QED) is 0.660. The topological polar surface area (TPSA) is 66.4 Å². The molecule has 0 fully saturated rings. The van der Waals surface area contributed by atoms with Gasteiger partial charge in [0.25, 0.3) is 10.0 Å². The summed E-state index contributed by atoms with van der Waals surface area (Å²) >= 11 is 9.84. The minimum absolute atomic E-state index is 0.0994. The molecule has 0 bridgehead atoms. The fraction of sp³-hybridized carbons (Fsp3) is 0.0769. The van der Waals surface area contributed by atoms with E-state index in [0.717, 1.165) is 0 Å². The Bertz CT molecular complexity index is 758. The normalized spacial score (nSPS) is 11.4. The van der Waals surface area contributed by atoms with Gasteiger partial charge in [-0.25, -0.2) is 8.42 Å². The Balaban J connectivity index is 2.44. The minimum Gasteiger partial charge on any atom is -0.392 e. The van der Waals surface area contributed by atoms with Gasteiger partial charge in [-0.2, -0.15) is 0 Å². The van der Waals surface area contributed by atoms with Crippen molar-refractivity contribution in [1.82, 2.24) is 0 Å². The van der Waals surface area contributed by atoms with E-state index in [9.17, 15) is 8.42 Å². The van der Waals surface area contributed by atoms with E-state index in [1.165, 1.54) is 6.07 Å². The van der Waals surface area contributed by atoms with Crippen LogP contribution >= 0.6 is 47.8 Å². The molecular weight excluding hydrogens is 490 g/mol. The summed E-state index contributed by atoms with van der Waals surface area (Å²) in [4.78, 5) is 0.0994. The van der Waals surface area contributed by atoms with Crippen molar-refractivity contribution in [3.63, 3.8) is 0 Å². The molecule has 0 heterocycles. The van der Waals surface area contributed by atoms with Crippen molar-refractivity contribution in [1.29, 1.82) is 0 Å². The largest absolute Gasteiger partial charge is 0.392 e. The number of rotatable bonds is 4. The first-order valence-electron chi connectivity index (χ1n) is 5.71. The molecule has 0 aromatic heterocycles. The molecule has 0 saturated carbocycles. The van der Waals surface area contributed by atoms with Crippen LogP contribution in [-0.4, -0.2) is 13.5 Å². The molecule has 2 rings (SSSR count). The summed E-state index contributed by atoms with van der Waals surface area (Å²) in [5.41, 5.74) is 1.05. The molecule has 21 heavy (non-hydrogen) atoms. The van der Waals surface area contributed by atoms with Gasteiger partial charge in [-0.15, -0.1) is 0 Å². The van der Waals surface area contributed by atoms with E-state index in [1.807, 2.05) is 0 Å². The summed E-state index contributed by atoms with van der Waals surface area (Å²) in [5, 5.41) is 9.07. The SMILES string of the molecule is O=S(=O)(Nc1c(Br)cccc1Br)c1ccc(CO)cc1Br. The Labute approximate surface area is 148 Å². The number of para-hydroxylation sites is 1. The minimum atomic E-state index is -3.75. The van der Waals surface area contributed by atoms with Gasteiger partial charge in [-0.3, -0.25) is 4.72 Å². The zero-order valence-electron chi connectivity index (χ0n) is 10.5. The molecule has 0 unspecified atom stereocenters. The van der Waals surface area contributed by atoms with Crippen LogP contribution in [0.4, 0.5) is 5.69 Å². The number of halogens is 3. The van der Waals surface area contributed by atoms with Crippen molar-refractivity contribution >= 4 is 63.5 Å². The average molecular weight is 500 g/mol. The van der Waals surface area contributed by atoms with E-state index < -0.39 is 10.0 Å². The molecule has 0 spiro atoms. The van der Waals surface area contributed by atoms with Crippen LogP contribution in [0.2, 0.25) is 0 Å². The average Bonchev–Trinajstić information content (AvgIpc) is 2.42. The molecular formula is C13H10Br3NO3S. The second-order valence-electron chi connectivity index (χ2n) is 4.13. The third-order valence-corrected chi connectivity index (χ3v) is 6.32. The monoisotopic (exact) mass is 497 g/mol. The molecule has 112 valence electrons. The molecule has 0 saturated heterocycles. The van der Waals surface area contributed by atoms with Gasteiger partial charge in [0.05, 0.1) is 12.3 Å². The maximum absolute atomic E-state index is 12.5. The second kappa shape index (κ2) is 6.78. The number of benzene rings is 2. The van der Waals surface area contributed by atoms with E-state index >= 15 is 0 Å². The molecule has 2 aromatic carbocycles. The van der Waals surface area contributed by atoms with Crippen molar-refractivity contribution in [2.45, 2.75) is 11.5 Å². The maximum atomic E-state index is 12.5. The van der Waals surface area contributed by atoms with Gasteiger partial charge in [0, 0.05) is 13.4 Å². The molecule has 2 N–H and O–H groups in total. The predicted molar refractivity (Wildman–Crippen MR) is 92.7 cm³/mol. The first-order valence-corrected chi connectivity index (χ1v) is 9.57. The van der Waals surface area contributed by atoms with Crippen molar-refractivity contribution in [2.24, 2.45) is 0 Å². The fourth-order valence-corrected chi connectivity index (χ4v) is 5.33. The van der Waals surface area contributed by atoms with Crippen molar-refractivity contribution < 1.29 is 13.5 Å². The van der Waals surface area contributed by atoms with Gasteiger partial charge < -0.3 is 5.11 Å². The number of sulfonamides is 1. The molecule has 0 amide bonds. The van der Waals surface area contributed by atoms with Crippen LogP contribution in [0, 0.1) is 0 Å².